The van der Waals surface area contributed by atoms with Crippen LogP contribution in [-0.4, -0.2) is 30.3 Å². The lowest BCUT2D eigenvalue weighted by molar-refractivity contribution is 0.157. The van der Waals surface area contributed by atoms with E-state index in [4.69, 9.17) is 5.84 Å². The van der Waals surface area contributed by atoms with E-state index in [1.807, 2.05) is 6.92 Å². The van der Waals surface area contributed by atoms with Crippen molar-refractivity contribution in [3.63, 3.8) is 0 Å². The van der Waals surface area contributed by atoms with Crippen LogP contribution in [0.3, 0.4) is 0 Å². The second kappa shape index (κ2) is 5.67. The van der Waals surface area contributed by atoms with Crippen LogP contribution in [0.2, 0.25) is 0 Å². The Morgan fingerprint density at radius 1 is 1.35 bits per heavy atom. The summed E-state index contributed by atoms with van der Waals surface area (Å²) in [5, 5.41) is 0. The van der Waals surface area contributed by atoms with Gasteiger partial charge in [0, 0.05) is 18.8 Å². The van der Waals surface area contributed by atoms with Gasteiger partial charge in [0.1, 0.15) is 10.7 Å². The van der Waals surface area contributed by atoms with Crippen molar-refractivity contribution in [1.82, 2.24) is 9.29 Å². The number of rotatable bonds is 3. The first-order chi connectivity index (χ1) is 9.36. The number of nitrogens with zero attached hydrogens (tertiary/aromatic N) is 2. The molecule has 0 amide bonds. The number of nitrogens with two attached hydrogens (primary N) is 1. The molecule has 0 bridgehead atoms. The van der Waals surface area contributed by atoms with Gasteiger partial charge >= 0.3 is 0 Å². The minimum absolute atomic E-state index is 0.00325. The molecule has 1 aromatic rings. The average molecular weight is 298 g/mol. The van der Waals surface area contributed by atoms with Gasteiger partial charge in [-0.1, -0.05) is 13.8 Å². The third-order valence-electron chi connectivity index (χ3n) is 4.03. The van der Waals surface area contributed by atoms with Crippen LogP contribution in [0.25, 0.3) is 0 Å². The van der Waals surface area contributed by atoms with E-state index in [0.717, 1.165) is 6.42 Å². The Hall–Kier alpha value is -1.18. The van der Waals surface area contributed by atoms with Gasteiger partial charge in [-0.25, -0.2) is 19.2 Å². The van der Waals surface area contributed by atoms with Gasteiger partial charge in [0.15, 0.2) is 0 Å². The van der Waals surface area contributed by atoms with E-state index in [0.29, 0.717) is 24.2 Å². The van der Waals surface area contributed by atoms with Gasteiger partial charge in [0.25, 0.3) is 0 Å². The maximum absolute atomic E-state index is 12.7. The number of anilines is 1. The Labute approximate surface area is 120 Å². The summed E-state index contributed by atoms with van der Waals surface area (Å²) in [7, 11) is -3.50. The third kappa shape index (κ3) is 2.79. The lowest BCUT2D eigenvalue weighted by Gasteiger charge is -2.39. The Bertz CT molecular complexity index is 558. The third-order valence-corrected chi connectivity index (χ3v) is 5.97. The van der Waals surface area contributed by atoms with E-state index in [2.05, 4.69) is 24.3 Å². The quantitative estimate of drug-likeness (QED) is 0.651. The van der Waals surface area contributed by atoms with Crippen LogP contribution < -0.4 is 11.3 Å². The molecule has 0 saturated carbocycles. The molecule has 1 fully saturated rings. The maximum Gasteiger partial charge on any atom is 0.244 e. The van der Waals surface area contributed by atoms with E-state index in [1.54, 1.807) is 10.4 Å². The first-order valence-electron chi connectivity index (χ1n) is 6.80. The van der Waals surface area contributed by atoms with E-state index in [9.17, 15) is 8.42 Å². The second-order valence-electron chi connectivity index (χ2n) is 5.66. The SMILES string of the molecule is CC1CC(C)C(C)N(S(=O)(=O)c2ccc(NN)nc2)C1. The molecular formula is C13H22N4O2S. The highest BCUT2D eigenvalue weighted by atomic mass is 32.2. The molecule has 2 rings (SSSR count). The Morgan fingerprint density at radius 2 is 2.05 bits per heavy atom. The molecule has 2 heterocycles. The zero-order valence-electron chi connectivity index (χ0n) is 12.1. The number of aromatic nitrogens is 1. The predicted molar refractivity (Wildman–Crippen MR) is 78.3 cm³/mol. The number of sulfonamides is 1. The van der Waals surface area contributed by atoms with Crippen LogP contribution in [0.4, 0.5) is 5.82 Å². The van der Waals surface area contributed by atoms with Crippen LogP contribution in [0.1, 0.15) is 27.2 Å². The van der Waals surface area contributed by atoms with Crippen molar-refractivity contribution in [1.29, 1.82) is 0 Å². The Morgan fingerprint density at radius 3 is 2.60 bits per heavy atom. The van der Waals surface area contributed by atoms with Gasteiger partial charge in [-0.2, -0.15) is 4.31 Å². The van der Waals surface area contributed by atoms with Crippen LogP contribution in [0.15, 0.2) is 23.2 Å². The molecule has 1 aromatic heterocycles. The van der Waals surface area contributed by atoms with E-state index in [1.165, 1.54) is 12.3 Å². The molecule has 0 spiro atoms. The Kier molecular flexibility index (Phi) is 4.31. The fourth-order valence-electron chi connectivity index (χ4n) is 2.73. The maximum atomic E-state index is 12.7. The fourth-order valence-corrected chi connectivity index (χ4v) is 4.53. The monoisotopic (exact) mass is 298 g/mol. The molecule has 0 aliphatic carbocycles. The number of hydrogen-bond donors (Lipinski definition) is 2. The standard InChI is InChI=1S/C13H22N4O2S/c1-9-6-10(2)11(3)17(8-9)20(18,19)12-4-5-13(16-14)15-7-12/h4-5,7,9-11H,6,8,14H2,1-3H3,(H,15,16). The van der Waals surface area contributed by atoms with Crippen LogP contribution in [-0.2, 0) is 10.0 Å². The molecular weight excluding hydrogens is 276 g/mol. The average Bonchev–Trinajstić information content (AvgIpc) is 2.42. The van der Waals surface area contributed by atoms with E-state index >= 15 is 0 Å². The van der Waals surface area contributed by atoms with Crippen molar-refractivity contribution in [3.8, 4) is 0 Å². The highest BCUT2D eigenvalue weighted by Gasteiger charge is 2.37. The number of nitrogen functional groups attached to an aromatic ring is 1. The molecule has 3 atom stereocenters. The van der Waals surface area contributed by atoms with Crippen LogP contribution >= 0.6 is 0 Å². The van der Waals surface area contributed by atoms with Gasteiger partial charge in [0.2, 0.25) is 10.0 Å². The first kappa shape index (κ1) is 15.2. The smallest absolute Gasteiger partial charge is 0.244 e. The molecule has 3 unspecified atom stereocenters. The molecule has 1 aliphatic rings. The Balaban J connectivity index is 2.32. The molecule has 0 aromatic carbocycles. The summed E-state index contributed by atoms with van der Waals surface area (Å²) in [6.07, 6.45) is 2.41. The lowest BCUT2D eigenvalue weighted by Crippen LogP contribution is -2.48. The van der Waals surface area contributed by atoms with Crippen molar-refractivity contribution in [2.45, 2.75) is 38.1 Å². The van der Waals surface area contributed by atoms with Gasteiger partial charge < -0.3 is 5.43 Å². The minimum atomic E-state index is -3.50. The van der Waals surface area contributed by atoms with Crippen molar-refractivity contribution in [2.24, 2.45) is 17.7 Å². The normalized spacial score (nSPS) is 28.3. The summed E-state index contributed by atoms with van der Waals surface area (Å²) in [5.41, 5.74) is 2.39. The largest absolute Gasteiger partial charge is 0.308 e. The molecule has 0 radical (unpaired) electrons. The summed E-state index contributed by atoms with van der Waals surface area (Å²) in [4.78, 5) is 4.19. The summed E-state index contributed by atoms with van der Waals surface area (Å²) < 4.78 is 27.0. The van der Waals surface area contributed by atoms with Gasteiger partial charge in [0.05, 0.1) is 0 Å². The zero-order valence-corrected chi connectivity index (χ0v) is 12.9. The highest BCUT2D eigenvalue weighted by Crippen LogP contribution is 2.31. The lowest BCUT2D eigenvalue weighted by atomic mass is 9.88. The van der Waals surface area contributed by atoms with Crippen molar-refractivity contribution in [3.05, 3.63) is 18.3 Å². The first-order valence-corrected chi connectivity index (χ1v) is 8.24. The number of piperidine rings is 1. The summed E-state index contributed by atoms with van der Waals surface area (Å²) in [6, 6.07) is 3.10. The van der Waals surface area contributed by atoms with Gasteiger partial charge in [-0.05, 0) is 37.3 Å². The molecule has 7 heteroatoms. The second-order valence-corrected chi connectivity index (χ2v) is 7.55. The summed E-state index contributed by atoms with van der Waals surface area (Å²) in [5.74, 6) is 6.40. The molecule has 1 saturated heterocycles. The minimum Gasteiger partial charge on any atom is -0.308 e. The number of pyridine rings is 1. The predicted octanol–water partition coefficient (Wildman–Crippen LogP) is 1.42. The summed E-state index contributed by atoms with van der Waals surface area (Å²) >= 11 is 0. The highest BCUT2D eigenvalue weighted by molar-refractivity contribution is 7.89. The van der Waals surface area contributed by atoms with Crippen molar-refractivity contribution in [2.75, 3.05) is 12.0 Å². The van der Waals surface area contributed by atoms with Crippen molar-refractivity contribution >= 4 is 15.8 Å². The molecule has 112 valence electrons. The molecule has 1 aliphatic heterocycles. The molecule has 3 N–H and O–H groups in total. The topological polar surface area (TPSA) is 88.3 Å². The number of nitrogens with one attached hydrogen (secondary N) is 1. The van der Waals surface area contributed by atoms with Crippen LogP contribution in [0, 0.1) is 11.8 Å². The van der Waals surface area contributed by atoms with Gasteiger partial charge in [-0.3, -0.25) is 0 Å². The van der Waals surface area contributed by atoms with Gasteiger partial charge in [-0.15, -0.1) is 0 Å². The summed E-state index contributed by atoms with van der Waals surface area (Å²) in [6.45, 7) is 6.72. The molecule has 20 heavy (non-hydrogen) atoms. The number of hydrogen-bond acceptors (Lipinski definition) is 5. The van der Waals surface area contributed by atoms with E-state index < -0.39 is 10.0 Å². The van der Waals surface area contributed by atoms with Crippen molar-refractivity contribution < 1.29 is 8.42 Å². The number of hydrazine groups is 1. The van der Waals surface area contributed by atoms with Crippen LogP contribution in [0.5, 0.6) is 0 Å². The fraction of sp³-hybridized carbons (Fsp3) is 0.615. The van der Waals surface area contributed by atoms with E-state index in [-0.39, 0.29) is 10.9 Å². The zero-order chi connectivity index (χ0) is 14.9. The molecule has 6 nitrogen and oxygen atoms in total.